The van der Waals surface area contributed by atoms with Crippen molar-refractivity contribution in [1.29, 1.82) is 0 Å². The van der Waals surface area contributed by atoms with Gasteiger partial charge in [0.25, 0.3) is 0 Å². The Hall–Kier alpha value is -5.92. The number of carboxylic acid groups (broad SMARTS) is 1. The number of aliphatic hydroxyl groups is 2. The van der Waals surface area contributed by atoms with Crippen molar-refractivity contribution >= 4 is 90.1 Å². The fourth-order valence-electron chi connectivity index (χ4n) is 7.63. The van der Waals surface area contributed by atoms with E-state index in [0.717, 1.165) is 68.3 Å². The molecule has 8 aromatic carbocycles. The van der Waals surface area contributed by atoms with Crippen molar-refractivity contribution in [2.45, 2.75) is 52.6 Å². The summed E-state index contributed by atoms with van der Waals surface area (Å²) >= 11 is 1.85. The van der Waals surface area contributed by atoms with Crippen molar-refractivity contribution in [3.63, 3.8) is 0 Å². The summed E-state index contributed by atoms with van der Waals surface area (Å²) in [5.74, 6) is 1.22. The molecule has 2 radical (unpaired) electrons. The molecule has 0 aliphatic rings. The maximum atomic E-state index is 11.8. The van der Waals surface area contributed by atoms with Gasteiger partial charge in [0.1, 0.15) is 57.0 Å². The third kappa shape index (κ3) is 15.8. The van der Waals surface area contributed by atoms with Crippen LogP contribution in [0.15, 0.2) is 146 Å². The molecule has 8 rings (SSSR count). The summed E-state index contributed by atoms with van der Waals surface area (Å²) in [6.45, 7) is 9.35. The highest BCUT2D eigenvalue weighted by atomic mass is 127. The molecule has 69 heavy (non-hydrogen) atoms. The molecule has 4 N–H and O–H groups in total. The molecule has 2 unspecified atom stereocenters. The zero-order chi connectivity index (χ0) is 49.7. The number of aromatic hydroxyl groups is 1. The minimum atomic E-state index is -1.28. The van der Waals surface area contributed by atoms with Gasteiger partial charge in [-0.2, -0.15) is 0 Å². The van der Waals surface area contributed by atoms with Crippen molar-refractivity contribution in [1.82, 2.24) is 0 Å². The number of esters is 1. The van der Waals surface area contributed by atoms with Crippen molar-refractivity contribution in [3.8, 4) is 23.0 Å². The molecule has 0 fully saturated rings. The molecule has 0 aliphatic carbocycles. The summed E-state index contributed by atoms with van der Waals surface area (Å²) in [6, 6.07) is 48.1. The lowest BCUT2D eigenvalue weighted by atomic mass is 9.99. The third-order valence-electron chi connectivity index (χ3n) is 11.1. The van der Waals surface area contributed by atoms with Crippen LogP contribution in [-0.4, -0.2) is 85.2 Å². The number of ether oxygens (including phenoxy) is 4. The Morgan fingerprint density at radius 3 is 1.52 bits per heavy atom. The van der Waals surface area contributed by atoms with E-state index in [2.05, 4.69) is 69.3 Å². The number of carboxylic acids is 1. The first-order valence-corrected chi connectivity index (χ1v) is 27.0. The van der Waals surface area contributed by atoms with E-state index in [1.807, 2.05) is 114 Å². The van der Waals surface area contributed by atoms with Crippen LogP contribution in [0.25, 0.3) is 43.1 Å². The van der Waals surface area contributed by atoms with E-state index in [1.54, 1.807) is 12.1 Å². The fraction of sp³-hybridized carbons (Fsp3) is 0.250. The highest BCUT2D eigenvalue weighted by Gasteiger charge is 2.26. The number of aryl methyl sites for hydroxylation is 4. The van der Waals surface area contributed by atoms with Crippen LogP contribution in [-0.2, 0) is 27.2 Å². The van der Waals surface area contributed by atoms with Gasteiger partial charge in [0.15, 0.2) is 0 Å². The van der Waals surface area contributed by atoms with Gasteiger partial charge >= 0.3 is 11.9 Å². The van der Waals surface area contributed by atoms with Crippen LogP contribution in [0.1, 0.15) is 42.5 Å². The predicted octanol–water partition coefficient (Wildman–Crippen LogP) is 12.2. The van der Waals surface area contributed by atoms with Gasteiger partial charge in [-0.05, 0) is 128 Å². The van der Waals surface area contributed by atoms with Gasteiger partial charge in [-0.1, -0.05) is 151 Å². The summed E-state index contributed by atoms with van der Waals surface area (Å²) in [5, 5.41) is 45.1. The number of aliphatic hydroxyl groups excluding tert-OH is 2. The highest BCUT2D eigenvalue weighted by molar-refractivity contribution is 14.2. The number of hydrogen-bond donors (Lipinski definition) is 4. The lowest BCUT2D eigenvalue weighted by Gasteiger charge is -2.17. The van der Waals surface area contributed by atoms with Gasteiger partial charge in [-0.3, -0.25) is 9.59 Å². The van der Waals surface area contributed by atoms with E-state index >= 15 is 0 Å². The number of hydrogen-bond acceptors (Lipinski definition) is 9. The van der Waals surface area contributed by atoms with Gasteiger partial charge in [-0.15, -0.1) is 0 Å². The number of aliphatic carboxylic acids is 1. The molecule has 0 spiro atoms. The number of benzene rings is 8. The van der Waals surface area contributed by atoms with Crippen LogP contribution in [0.2, 0.25) is 0 Å². The van der Waals surface area contributed by atoms with Crippen LogP contribution in [0.4, 0.5) is 0 Å². The summed E-state index contributed by atoms with van der Waals surface area (Å²) in [4.78, 5) is 23.0. The standard InChI is InChI=1S/C19H21BIO5P.C15H18O2.C12H12O2.C10H8O/c1-3-13-10-14-6-4-5-7-15(14)12(2)18(13)26-9-8-25-17(22)11-16(19(23)24)27(20)21;1-3-12-10-13-6-4-5-7-14(13)11(2)15(12)17-9-8-16;13-7-8-14-12-6-5-10-3-1-2-4-11(10)9-12;11-10-6-5-8-3-1-2-4-9(8)7-10/h4-7,10,16H,3,8-9,11H2,1-2H3,(H,23,24);4-7,10,16H,3,8-9H2,1-2H3;1-6,9,13H,7-8H2;1-7,11H. The smallest absolute Gasteiger partial charge is 0.311 e. The zero-order valence-corrected chi connectivity index (χ0v) is 42.5. The second-order valence-electron chi connectivity index (χ2n) is 15.8. The fourth-order valence-corrected chi connectivity index (χ4v) is 9.47. The molecule has 8 aromatic rings. The maximum Gasteiger partial charge on any atom is 0.311 e. The number of phenolic OH excluding ortho intramolecular Hbond substituents is 1. The lowest BCUT2D eigenvalue weighted by Crippen LogP contribution is -2.23. The van der Waals surface area contributed by atoms with E-state index in [4.69, 9.17) is 46.9 Å². The lowest BCUT2D eigenvalue weighted by molar-refractivity contribution is -0.147. The van der Waals surface area contributed by atoms with Crippen LogP contribution < -0.4 is 14.2 Å². The van der Waals surface area contributed by atoms with Crippen molar-refractivity contribution in [2.24, 2.45) is 0 Å². The van der Waals surface area contributed by atoms with Gasteiger partial charge in [0.05, 0.1) is 25.3 Å². The Balaban J connectivity index is 0.000000182. The average Bonchev–Trinajstić information content (AvgIpc) is 3.36. The Labute approximate surface area is 419 Å². The number of rotatable bonds is 16. The largest absolute Gasteiger partial charge is 0.508 e. The van der Waals surface area contributed by atoms with E-state index in [-0.39, 0.29) is 32.8 Å². The Kier molecular flexibility index (Phi) is 21.9. The Morgan fingerprint density at radius 2 is 1.03 bits per heavy atom. The van der Waals surface area contributed by atoms with Crippen molar-refractivity contribution in [3.05, 3.63) is 168 Å². The minimum Gasteiger partial charge on any atom is -0.508 e. The number of fused-ring (bicyclic) bond motifs is 4. The van der Waals surface area contributed by atoms with Gasteiger partial charge in [-0.25, -0.2) is 0 Å². The third-order valence-corrected chi connectivity index (χ3v) is 14.1. The first kappa shape index (κ1) is 54.0. The summed E-state index contributed by atoms with van der Waals surface area (Å²) in [5.41, 5.74) is 2.34. The summed E-state index contributed by atoms with van der Waals surface area (Å²) in [7, 11) is 5.65. The average molecular weight is 1060 g/mol. The Bertz CT molecular complexity index is 2930. The van der Waals surface area contributed by atoms with Crippen molar-refractivity contribution in [2.75, 3.05) is 39.6 Å². The molecule has 2 atom stereocenters. The van der Waals surface area contributed by atoms with E-state index in [9.17, 15) is 9.59 Å². The normalized spacial score (nSPS) is 11.5. The molecule has 0 amide bonds. The molecule has 358 valence electrons. The van der Waals surface area contributed by atoms with Crippen LogP contribution in [0, 0.1) is 13.8 Å². The van der Waals surface area contributed by atoms with Gasteiger partial charge in [0, 0.05) is 0 Å². The SMILES string of the molecule is CCc1cc2ccccc2c(C)c1OCCO.OCCOc1ccc2ccccc2c1.Oc1ccc2ccccc2c1.[B]P(I)C(CC(=O)OCCOc1c(CC)cc2ccccc2c1C)C(=O)O. The molecule has 13 heteroatoms. The topological polar surface area (TPSA) is 152 Å². The summed E-state index contributed by atoms with van der Waals surface area (Å²) < 4.78 is 22.0. The van der Waals surface area contributed by atoms with Gasteiger partial charge < -0.3 is 39.4 Å². The molecular formula is C56H59BIO10P. The molecule has 0 saturated heterocycles. The van der Waals surface area contributed by atoms with Crippen molar-refractivity contribution < 1.29 is 49.0 Å². The number of carbonyl (C=O) groups is 2. The van der Waals surface area contributed by atoms with Gasteiger partial charge in [0.2, 0.25) is 0 Å². The minimum absolute atomic E-state index is 0.0484. The first-order valence-electron chi connectivity index (χ1n) is 22.8. The predicted molar refractivity (Wildman–Crippen MR) is 290 cm³/mol. The number of halogens is 1. The maximum absolute atomic E-state index is 11.8. The zero-order valence-electron chi connectivity index (χ0n) is 39.4. The summed E-state index contributed by atoms with van der Waals surface area (Å²) in [6.07, 6.45) is 1.54. The van der Waals surface area contributed by atoms with E-state index in [0.29, 0.717) is 19.0 Å². The van der Waals surface area contributed by atoms with Crippen LogP contribution in [0.5, 0.6) is 23.0 Å². The van der Waals surface area contributed by atoms with E-state index < -0.39 is 23.0 Å². The van der Waals surface area contributed by atoms with Crippen LogP contribution >= 0.6 is 27.5 Å². The van der Waals surface area contributed by atoms with E-state index in [1.165, 1.54) is 27.1 Å². The molecule has 0 saturated carbocycles. The molecule has 0 aliphatic heterocycles. The number of carbonyl (C=O) groups excluding carboxylic acids is 1. The first-order chi connectivity index (χ1) is 33.4. The number of phenols is 1. The molecular weight excluding hydrogens is 1000 g/mol. The molecule has 0 aromatic heterocycles. The Morgan fingerprint density at radius 1 is 0.580 bits per heavy atom. The second-order valence-corrected chi connectivity index (χ2v) is 20.4. The quantitative estimate of drug-likeness (QED) is 0.0242. The van der Waals surface area contributed by atoms with Crippen LogP contribution in [0.3, 0.4) is 0 Å². The molecule has 0 heterocycles. The second kappa shape index (κ2) is 27.9. The molecule has 10 nitrogen and oxygen atoms in total. The highest BCUT2D eigenvalue weighted by Crippen LogP contribution is 2.46. The molecule has 0 bridgehead atoms. The monoisotopic (exact) mass is 1060 g/mol.